The minimum absolute atomic E-state index is 0.0936. The molecule has 0 aliphatic rings. The van der Waals surface area contributed by atoms with Crippen LogP contribution in [0, 0.1) is 11.8 Å². The largest absolute Gasteiger partial charge is 0.550 e. The molecule has 2 N–H and O–H groups in total. The van der Waals surface area contributed by atoms with Gasteiger partial charge in [-0.25, -0.2) is 0 Å². The highest BCUT2D eigenvalue weighted by atomic mass is 16.4. The number of H-pyrrole nitrogens is 2. The number of hydrogen-bond acceptors (Lipinski definition) is 4. The number of nitrogens with zero attached hydrogens (tertiary/aromatic N) is 1. The van der Waals surface area contributed by atoms with E-state index in [4.69, 9.17) is 0 Å². The van der Waals surface area contributed by atoms with Crippen molar-refractivity contribution >= 4 is 27.8 Å². The summed E-state index contributed by atoms with van der Waals surface area (Å²) >= 11 is 0. The number of carbonyl (C=O) groups excluding carboxylic acids is 1. The lowest BCUT2D eigenvalue weighted by molar-refractivity contribution is -0.305. The third-order valence-corrected chi connectivity index (χ3v) is 3.45. The summed E-state index contributed by atoms with van der Waals surface area (Å²) in [5.74, 6) is 5.27. The molecule has 0 atom stereocenters. The van der Waals surface area contributed by atoms with Gasteiger partial charge < -0.3 is 19.9 Å². The van der Waals surface area contributed by atoms with Crippen molar-refractivity contribution in [3.63, 3.8) is 0 Å². The number of aromatic nitrogens is 2. The Morgan fingerprint density at radius 3 is 2.60 bits per heavy atom. The second-order valence-electron chi connectivity index (χ2n) is 5.75. The van der Waals surface area contributed by atoms with Crippen LogP contribution >= 0.6 is 0 Å². The number of aromatic amines is 2. The van der Waals surface area contributed by atoms with E-state index in [1.54, 1.807) is 6.20 Å². The van der Waals surface area contributed by atoms with Gasteiger partial charge in [-0.1, -0.05) is 18.8 Å². The van der Waals surface area contributed by atoms with Crippen molar-refractivity contribution in [1.29, 1.82) is 0 Å². The average Bonchev–Trinajstić information content (AvgIpc) is 3.06. The molecule has 3 aromatic rings. The quantitative estimate of drug-likeness (QED) is 0.684. The molecule has 0 fully saturated rings. The lowest BCUT2D eigenvalue weighted by Crippen LogP contribution is -2.19. The highest BCUT2D eigenvalue weighted by Gasteiger charge is 2.05. The Morgan fingerprint density at radius 1 is 1.24 bits per heavy atom. The van der Waals surface area contributed by atoms with E-state index in [1.165, 1.54) is 6.92 Å². The Kier molecular flexibility index (Phi) is 5.98. The molecule has 130 valence electrons. The fraction of sp³-hybridized carbons (Fsp3) is 0.263. The molecule has 6 nitrogen and oxygen atoms in total. The van der Waals surface area contributed by atoms with Gasteiger partial charge in [0.15, 0.2) is 0 Å². The van der Waals surface area contributed by atoms with Gasteiger partial charge in [0.05, 0.1) is 6.54 Å². The standard InChI is InChI=1S/C16H15N3O.C3H6O2/c1-19(2)9-3-4-11-5-6-14-13(10-11)12-7-8-17-15(12)16(20)18-14;1-2-3(4)5/h5-8,10,17H,9H2,1-2H3,(H,18,20);2H2,1H3,(H,4,5)/p-1. The van der Waals surface area contributed by atoms with Gasteiger partial charge in [0, 0.05) is 34.0 Å². The second kappa shape index (κ2) is 8.18. The number of carbonyl (C=O) groups is 1. The number of aliphatic carboxylic acids is 1. The van der Waals surface area contributed by atoms with Crippen LogP contribution in [0.15, 0.2) is 35.3 Å². The van der Waals surface area contributed by atoms with Crippen molar-refractivity contribution in [1.82, 2.24) is 14.9 Å². The SMILES string of the molecule is CCC(=O)[O-].CN(C)CC#Cc1ccc2[nH]c(=O)c3[nH]ccc3c2c1. The van der Waals surface area contributed by atoms with Crippen LogP contribution in [0.4, 0.5) is 0 Å². The predicted molar refractivity (Wildman–Crippen MR) is 97.2 cm³/mol. The number of carboxylic acid groups (broad SMARTS) is 1. The molecule has 0 radical (unpaired) electrons. The summed E-state index contributed by atoms with van der Waals surface area (Å²) in [6.07, 6.45) is 1.89. The molecule has 0 aliphatic heterocycles. The molecule has 0 unspecified atom stereocenters. The Morgan fingerprint density at radius 2 is 1.96 bits per heavy atom. The van der Waals surface area contributed by atoms with Crippen molar-refractivity contribution < 1.29 is 9.90 Å². The number of nitrogens with one attached hydrogen (secondary N) is 2. The monoisotopic (exact) mass is 338 g/mol. The number of carboxylic acids is 1. The van der Waals surface area contributed by atoms with Crippen molar-refractivity contribution in [2.75, 3.05) is 20.6 Å². The van der Waals surface area contributed by atoms with Crippen LogP contribution in [0.5, 0.6) is 0 Å². The van der Waals surface area contributed by atoms with E-state index in [1.807, 2.05) is 43.3 Å². The third-order valence-electron chi connectivity index (χ3n) is 3.45. The molecular formula is C19H20N3O3-. The molecule has 2 heterocycles. The first-order valence-electron chi connectivity index (χ1n) is 7.89. The maximum atomic E-state index is 11.9. The number of rotatable bonds is 2. The summed E-state index contributed by atoms with van der Waals surface area (Å²) in [5, 5.41) is 11.2. The zero-order valence-electron chi connectivity index (χ0n) is 14.5. The average molecular weight is 338 g/mol. The van der Waals surface area contributed by atoms with Gasteiger partial charge in [0.1, 0.15) is 5.52 Å². The van der Waals surface area contributed by atoms with Gasteiger partial charge >= 0.3 is 0 Å². The molecule has 0 aliphatic carbocycles. The van der Waals surface area contributed by atoms with Gasteiger partial charge in [0.2, 0.25) is 0 Å². The van der Waals surface area contributed by atoms with Gasteiger partial charge in [-0.2, -0.15) is 0 Å². The van der Waals surface area contributed by atoms with Crippen LogP contribution in [-0.4, -0.2) is 41.5 Å². The van der Waals surface area contributed by atoms with Crippen LogP contribution in [0.2, 0.25) is 0 Å². The number of fused-ring (bicyclic) bond motifs is 3. The normalized spacial score (nSPS) is 10.2. The summed E-state index contributed by atoms with van der Waals surface area (Å²) in [5.41, 5.74) is 2.30. The molecule has 2 aromatic heterocycles. The van der Waals surface area contributed by atoms with E-state index in [0.29, 0.717) is 5.52 Å². The fourth-order valence-corrected chi connectivity index (χ4v) is 2.22. The number of benzene rings is 1. The summed E-state index contributed by atoms with van der Waals surface area (Å²) in [4.78, 5) is 29.0. The first kappa shape index (κ1) is 18.3. The molecule has 0 saturated carbocycles. The Bertz CT molecular complexity index is 1000. The van der Waals surface area contributed by atoms with Crippen molar-refractivity contribution in [3.8, 4) is 11.8 Å². The van der Waals surface area contributed by atoms with Crippen LogP contribution in [-0.2, 0) is 4.79 Å². The van der Waals surface area contributed by atoms with Crippen molar-refractivity contribution in [3.05, 3.63) is 46.4 Å². The van der Waals surface area contributed by atoms with E-state index in [-0.39, 0.29) is 12.0 Å². The molecule has 1 aromatic carbocycles. The summed E-state index contributed by atoms with van der Waals surface area (Å²) < 4.78 is 0. The molecule has 0 spiro atoms. The topological polar surface area (TPSA) is 92.0 Å². The zero-order chi connectivity index (χ0) is 18.4. The molecular weight excluding hydrogens is 318 g/mol. The molecule has 3 rings (SSSR count). The Hall–Kier alpha value is -3.04. The number of hydrogen-bond donors (Lipinski definition) is 2. The van der Waals surface area contributed by atoms with Crippen LogP contribution in [0.25, 0.3) is 21.8 Å². The Balaban J connectivity index is 0.000000399. The minimum atomic E-state index is -0.995. The summed E-state index contributed by atoms with van der Waals surface area (Å²) in [6.45, 7) is 2.26. The van der Waals surface area contributed by atoms with E-state index in [2.05, 4.69) is 21.8 Å². The summed E-state index contributed by atoms with van der Waals surface area (Å²) in [7, 11) is 3.98. The fourth-order valence-electron chi connectivity index (χ4n) is 2.22. The highest BCUT2D eigenvalue weighted by Crippen LogP contribution is 2.21. The minimum Gasteiger partial charge on any atom is -0.550 e. The summed E-state index contributed by atoms with van der Waals surface area (Å²) in [6, 6.07) is 7.77. The first-order valence-corrected chi connectivity index (χ1v) is 7.89. The zero-order valence-corrected chi connectivity index (χ0v) is 14.5. The molecule has 0 saturated heterocycles. The van der Waals surface area contributed by atoms with Gasteiger partial charge in [-0.05, 0) is 44.8 Å². The van der Waals surface area contributed by atoms with Crippen molar-refractivity contribution in [2.45, 2.75) is 13.3 Å². The molecule has 0 bridgehead atoms. The molecule has 25 heavy (non-hydrogen) atoms. The van der Waals surface area contributed by atoms with E-state index >= 15 is 0 Å². The van der Waals surface area contributed by atoms with Crippen LogP contribution < -0.4 is 10.7 Å². The highest BCUT2D eigenvalue weighted by molar-refractivity contribution is 6.04. The molecule has 6 heteroatoms. The molecule has 0 amide bonds. The third kappa shape index (κ3) is 4.72. The second-order valence-corrected chi connectivity index (χ2v) is 5.75. The van der Waals surface area contributed by atoms with Gasteiger partial charge in [-0.3, -0.25) is 9.69 Å². The van der Waals surface area contributed by atoms with E-state index < -0.39 is 5.97 Å². The lowest BCUT2D eigenvalue weighted by Gasteiger charge is -2.02. The first-order chi connectivity index (χ1) is 11.9. The predicted octanol–water partition coefficient (Wildman–Crippen LogP) is 1.07. The maximum absolute atomic E-state index is 11.9. The van der Waals surface area contributed by atoms with Gasteiger partial charge in [-0.15, -0.1) is 0 Å². The lowest BCUT2D eigenvalue weighted by atomic mass is 10.1. The van der Waals surface area contributed by atoms with Crippen molar-refractivity contribution in [2.24, 2.45) is 0 Å². The van der Waals surface area contributed by atoms with Crippen LogP contribution in [0.1, 0.15) is 18.9 Å². The smallest absolute Gasteiger partial charge is 0.272 e. The van der Waals surface area contributed by atoms with E-state index in [0.717, 1.165) is 28.4 Å². The van der Waals surface area contributed by atoms with Crippen LogP contribution in [0.3, 0.4) is 0 Å². The van der Waals surface area contributed by atoms with Gasteiger partial charge in [0.25, 0.3) is 5.56 Å². The Labute approximate surface area is 145 Å². The maximum Gasteiger partial charge on any atom is 0.272 e. The number of pyridine rings is 1. The van der Waals surface area contributed by atoms with E-state index in [9.17, 15) is 14.7 Å².